The molecule has 0 aliphatic carbocycles. The molecule has 4 rings (SSSR count). The number of ether oxygens (including phenoxy) is 1. The van der Waals surface area contributed by atoms with E-state index in [0.717, 1.165) is 17.7 Å². The van der Waals surface area contributed by atoms with Crippen molar-refractivity contribution in [1.82, 2.24) is 4.90 Å². The Hall–Kier alpha value is -3.69. The molecule has 184 valence electrons. The number of nitrogens with zero attached hydrogens (tertiary/aromatic N) is 1. The second-order valence-electron chi connectivity index (χ2n) is 9.26. The summed E-state index contributed by atoms with van der Waals surface area (Å²) in [6.45, 7) is 7.29. The van der Waals surface area contributed by atoms with Gasteiger partial charge in [-0.3, -0.25) is 9.69 Å². The summed E-state index contributed by atoms with van der Waals surface area (Å²) in [6, 6.07) is 38.1. The second kappa shape index (κ2) is 12.3. The van der Waals surface area contributed by atoms with Crippen molar-refractivity contribution in [2.45, 2.75) is 45.8 Å². The average molecular weight is 478 g/mol. The van der Waals surface area contributed by atoms with Gasteiger partial charge < -0.3 is 4.74 Å². The van der Waals surface area contributed by atoms with Crippen molar-refractivity contribution in [3.05, 3.63) is 131 Å². The van der Waals surface area contributed by atoms with Crippen molar-refractivity contribution in [1.29, 1.82) is 0 Å². The predicted molar refractivity (Wildman–Crippen MR) is 147 cm³/mol. The van der Waals surface area contributed by atoms with Crippen molar-refractivity contribution in [3.8, 4) is 11.1 Å². The van der Waals surface area contributed by atoms with E-state index in [-0.39, 0.29) is 24.5 Å². The number of carbonyl (C=O) groups excluding carboxylic acids is 1. The summed E-state index contributed by atoms with van der Waals surface area (Å²) in [6.07, 6.45) is 0.287. The van der Waals surface area contributed by atoms with Crippen LogP contribution in [0, 0.1) is 6.92 Å². The Morgan fingerprint density at radius 2 is 1.39 bits per heavy atom. The van der Waals surface area contributed by atoms with E-state index >= 15 is 0 Å². The van der Waals surface area contributed by atoms with Crippen LogP contribution in [0.4, 0.5) is 0 Å². The fourth-order valence-electron chi connectivity index (χ4n) is 4.79. The summed E-state index contributed by atoms with van der Waals surface area (Å²) in [5.41, 5.74) is 7.10. The molecule has 0 N–H and O–H groups in total. The molecule has 0 bridgehead atoms. The first-order valence-corrected chi connectivity index (χ1v) is 12.7. The van der Waals surface area contributed by atoms with Gasteiger partial charge in [0.1, 0.15) is 0 Å². The number of hydrogen-bond acceptors (Lipinski definition) is 3. The summed E-state index contributed by atoms with van der Waals surface area (Å²) in [7, 11) is 0. The number of hydrogen-bond donors (Lipinski definition) is 0. The lowest BCUT2D eigenvalue weighted by molar-refractivity contribution is -0.145. The molecule has 3 heteroatoms. The van der Waals surface area contributed by atoms with E-state index in [2.05, 4.69) is 116 Å². The number of esters is 1. The Labute approximate surface area is 215 Å². The standard InChI is InChI=1S/C33H35NO2/c1-4-36-33(35)23-32(31-20-12-19-30(22-31)29-18-11-13-25(2)21-29)34(24-27-14-7-5-8-15-27)26(3)28-16-9-6-10-17-28/h5-22,26,32H,4,23-24H2,1-3H3/t26-,32+/m1/s1. The molecule has 4 aromatic rings. The first-order chi connectivity index (χ1) is 17.5. The third-order valence-electron chi connectivity index (χ3n) is 6.68. The molecule has 0 radical (unpaired) electrons. The van der Waals surface area contributed by atoms with Crippen LogP contribution < -0.4 is 0 Å². The van der Waals surface area contributed by atoms with E-state index in [4.69, 9.17) is 4.74 Å². The third kappa shape index (κ3) is 6.50. The predicted octanol–water partition coefficient (Wildman–Crippen LogP) is 7.92. The topological polar surface area (TPSA) is 29.5 Å². The molecule has 4 aromatic carbocycles. The first-order valence-electron chi connectivity index (χ1n) is 12.7. The Morgan fingerprint density at radius 1 is 0.778 bits per heavy atom. The highest BCUT2D eigenvalue weighted by Crippen LogP contribution is 2.36. The van der Waals surface area contributed by atoms with Gasteiger partial charge in [0.05, 0.1) is 13.0 Å². The van der Waals surface area contributed by atoms with Gasteiger partial charge in [0.15, 0.2) is 0 Å². The molecule has 36 heavy (non-hydrogen) atoms. The van der Waals surface area contributed by atoms with Crippen molar-refractivity contribution < 1.29 is 9.53 Å². The minimum atomic E-state index is -0.179. The molecule has 0 aliphatic heterocycles. The monoisotopic (exact) mass is 477 g/mol. The van der Waals surface area contributed by atoms with Crippen molar-refractivity contribution in [3.63, 3.8) is 0 Å². The molecule has 0 fully saturated rings. The fourth-order valence-corrected chi connectivity index (χ4v) is 4.79. The van der Waals surface area contributed by atoms with E-state index in [1.165, 1.54) is 22.3 Å². The van der Waals surface area contributed by atoms with Crippen LogP contribution >= 0.6 is 0 Å². The molecule has 0 saturated carbocycles. The van der Waals surface area contributed by atoms with Crippen molar-refractivity contribution >= 4 is 5.97 Å². The van der Waals surface area contributed by atoms with Gasteiger partial charge in [0.2, 0.25) is 0 Å². The molecule has 0 spiro atoms. The van der Waals surface area contributed by atoms with Gasteiger partial charge in [-0.15, -0.1) is 0 Å². The van der Waals surface area contributed by atoms with Crippen molar-refractivity contribution in [2.75, 3.05) is 6.61 Å². The molecule has 0 saturated heterocycles. The lowest BCUT2D eigenvalue weighted by Crippen LogP contribution is -2.33. The maximum atomic E-state index is 12.9. The largest absolute Gasteiger partial charge is 0.466 e. The SMILES string of the molecule is CCOC(=O)C[C@@H](c1cccc(-c2cccc(C)c2)c1)N(Cc1ccccc1)[C@H](C)c1ccccc1. The van der Waals surface area contributed by atoms with Crippen LogP contribution in [0.3, 0.4) is 0 Å². The van der Waals surface area contributed by atoms with E-state index in [0.29, 0.717) is 6.61 Å². The zero-order valence-electron chi connectivity index (χ0n) is 21.4. The zero-order valence-corrected chi connectivity index (χ0v) is 21.4. The quantitative estimate of drug-likeness (QED) is 0.217. The molecule has 3 nitrogen and oxygen atoms in total. The molecule has 0 aromatic heterocycles. The summed E-state index contributed by atoms with van der Waals surface area (Å²) in [4.78, 5) is 15.3. The van der Waals surface area contributed by atoms with E-state index in [1.54, 1.807) is 0 Å². The number of benzene rings is 4. The highest BCUT2D eigenvalue weighted by Gasteiger charge is 2.29. The Kier molecular flexibility index (Phi) is 8.70. The first kappa shape index (κ1) is 25.4. The van der Waals surface area contributed by atoms with Gasteiger partial charge in [0, 0.05) is 18.6 Å². The number of carbonyl (C=O) groups is 1. The Morgan fingerprint density at radius 3 is 2.06 bits per heavy atom. The van der Waals surface area contributed by atoms with Crippen LogP contribution in [-0.2, 0) is 16.1 Å². The highest BCUT2D eigenvalue weighted by molar-refractivity contribution is 5.71. The molecule has 0 heterocycles. The number of rotatable bonds is 10. The highest BCUT2D eigenvalue weighted by atomic mass is 16.5. The molecule has 2 atom stereocenters. The smallest absolute Gasteiger partial charge is 0.307 e. The maximum absolute atomic E-state index is 12.9. The molecular formula is C33H35NO2. The molecule has 0 amide bonds. The Bertz CT molecular complexity index is 1250. The van der Waals surface area contributed by atoms with Crippen LogP contribution in [0.2, 0.25) is 0 Å². The Balaban J connectivity index is 1.79. The number of aryl methyl sites for hydroxylation is 1. The molecular weight excluding hydrogens is 442 g/mol. The summed E-state index contributed by atoms with van der Waals surface area (Å²) < 4.78 is 5.44. The van der Waals surface area contributed by atoms with E-state index in [9.17, 15) is 4.79 Å². The van der Waals surface area contributed by atoms with Gasteiger partial charge in [0.25, 0.3) is 0 Å². The van der Waals surface area contributed by atoms with Gasteiger partial charge >= 0.3 is 5.97 Å². The molecule has 0 aliphatic rings. The third-order valence-corrected chi connectivity index (χ3v) is 6.68. The molecule has 0 unspecified atom stereocenters. The summed E-state index contributed by atoms with van der Waals surface area (Å²) in [5.74, 6) is -0.179. The average Bonchev–Trinajstić information content (AvgIpc) is 2.91. The maximum Gasteiger partial charge on any atom is 0.307 e. The summed E-state index contributed by atoms with van der Waals surface area (Å²) in [5, 5.41) is 0. The fraction of sp³-hybridized carbons (Fsp3) is 0.242. The van der Waals surface area contributed by atoms with Crippen LogP contribution in [0.15, 0.2) is 109 Å². The van der Waals surface area contributed by atoms with Crippen molar-refractivity contribution in [2.24, 2.45) is 0 Å². The van der Waals surface area contributed by atoms with Crippen LogP contribution in [0.25, 0.3) is 11.1 Å². The van der Waals surface area contributed by atoms with Crippen LogP contribution in [-0.4, -0.2) is 17.5 Å². The lowest BCUT2D eigenvalue weighted by atomic mass is 9.93. The van der Waals surface area contributed by atoms with Gasteiger partial charge in [-0.1, -0.05) is 109 Å². The minimum Gasteiger partial charge on any atom is -0.466 e. The minimum absolute atomic E-state index is 0.0912. The second-order valence-corrected chi connectivity index (χ2v) is 9.26. The van der Waals surface area contributed by atoms with Crippen LogP contribution in [0.1, 0.15) is 54.6 Å². The zero-order chi connectivity index (χ0) is 25.3. The van der Waals surface area contributed by atoms with E-state index < -0.39 is 0 Å². The van der Waals surface area contributed by atoms with Gasteiger partial charge in [-0.2, -0.15) is 0 Å². The summed E-state index contributed by atoms with van der Waals surface area (Å²) >= 11 is 0. The lowest BCUT2D eigenvalue weighted by Gasteiger charge is -2.37. The van der Waals surface area contributed by atoms with Gasteiger partial charge in [-0.05, 0) is 54.7 Å². The van der Waals surface area contributed by atoms with Crippen LogP contribution in [0.5, 0.6) is 0 Å². The van der Waals surface area contributed by atoms with Gasteiger partial charge in [-0.25, -0.2) is 0 Å². The normalized spacial score (nSPS) is 12.8. The van der Waals surface area contributed by atoms with E-state index in [1.807, 2.05) is 19.1 Å².